The van der Waals surface area contributed by atoms with Gasteiger partial charge in [-0.15, -0.1) is 0 Å². The van der Waals surface area contributed by atoms with Crippen LogP contribution in [0.2, 0.25) is 0 Å². The molecule has 1 aromatic rings. The molecule has 0 radical (unpaired) electrons. The zero-order chi connectivity index (χ0) is 13.1. The van der Waals surface area contributed by atoms with E-state index in [1.54, 1.807) is 0 Å². The normalized spacial score (nSPS) is 10.5. The number of benzene rings is 1. The van der Waals surface area contributed by atoms with Crippen molar-refractivity contribution in [3.05, 3.63) is 29.3 Å². The van der Waals surface area contributed by atoms with Gasteiger partial charge in [0.15, 0.2) is 0 Å². The molecular weight excluding hydrogens is 235 g/mol. The van der Waals surface area contributed by atoms with Gasteiger partial charge in [0.2, 0.25) is 5.91 Å². The highest BCUT2D eigenvalue weighted by Crippen LogP contribution is 2.33. The third-order valence-corrected chi connectivity index (χ3v) is 1.79. The Bertz CT molecular complexity index is 498. The summed E-state index contributed by atoms with van der Waals surface area (Å²) in [6.07, 6.45) is -4.94. The third kappa shape index (κ3) is 3.72. The molecule has 90 valence electrons. The predicted octanol–water partition coefficient (Wildman–Crippen LogP) is 1.64. The molecule has 0 saturated heterocycles. The van der Waals surface area contributed by atoms with Gasteiger partial charge in [0.05, 0.1) is 12.0 Å². The highest BCUT2D eigenvalue weighted by Gasteiger charge is 2.33. The molecule has 0 bridgehead atoms. The number of amides is 1. The van der Waals surface area contributed by atoms with Gasteiger partial charge in [0.25, 0.3) is 0 Å². The number of hydrogen-bond acceptors (Lipinski definition) is 2. The SMILES string of the molecule is NC(=O)CC#Cc1ccc(O)cc1C(F)(F)F. The molecule has 17 heavy (non-hydrogen) atoms. The van der Waals surface area contributed by atoms with E-state index in [9.17, 15) is 18.0 Å². The van der Waals surface area contributed by atoms with Gasteiger partial charge in [0, 0.05) is 5.56 Å². The molecule has 0 aliphatic heterocycles. The number of aromatic hydroxyl groups is 1. The molecule has 0 aromatic heterocycles. The van der Waals surface area contributed by atoms with Gasteiger partial charge >= 0.3 is 6.18 Å². The van der Waals surface area contributed by atoms with Gasteiger partial charge in [-0.2, -0.15) is 13.2 Å². The minimum atomic E-state index is -4.62. The van der Waals surface area contributed by atoms with E-state index in [4.69, 9.17) is 10.8 Å². The Labute approximate surface area is 95.0 Å². The summed E-state index contributed by atoms with van der Waals surface area (Å²) in [6.45, 7) is 0. The van der Waals surface area contributed by atoms with E-state index < -0.39 is 23.4 Å². The second-order valence-electron chi connectivity index (χ2n) is 3.17. The van der Waals surface area contributed by atoms with Crippen LogP contribution in [-0.2, 0) is 11.0 Å². The molecule has 0 atom stereocenters. The molecule has 1 aromatic carbocycles. The number of primary amides is 1. The van der Waals surface area contributed by atoms with Crippen molar-refractivity contribution in [3.63, 3.8) is 0 Å². The van der Waals surface area contributed by atoms with E-state index in [0.717, 1.165) is 12.1 Å². The first-order valence-corrected chi connectivity index (χ1v) is 4.48. The molecule has 3 N–H and O–H groups in total. The van der Waals surface area contributed by atoms with Crippen molar-refractivity contribution in [1.82, 2.24) is 0 Å². The quantitative estimate of drug-likeness (QED) is 0.736. The monoisotopic (exact) mass is 243 g/mol. The number of alkyl halides is 3. The number of phenolic OH excluding ortho intramolecular Hbond substituents is 1. The molecule has 6 heteroatoms. The van der Waals surface area contributed by atoms with Crippen LogP contribution in [0.3, 0.4) is 0 Å². The summed E-state index contributed by atoms with van der Waals surface area (Å²) >= 11 is 0. The highest BCUT2D eigenvalue weighted by atomic mass is 19.4. The summed E-state index contributed by atoms with van der Waals surface area (Å²) < 4.78 is 37.6. The molecule has 0 spiro atoms. The number of rotatable bonds is 1. The maximum absolute atomic E-state index is 12.5. The summed E-state index contributed by atoms with van der Waals surface area (Å²) in [6, 6.07) is 2.70. The summed E-state index contributed by atoms with van der Waals surface area (Å²) in [5, 5.41) is 8.99. The number of halogens is 3. The van der Waals surface area contributed by atoms with Crippen LogP contribution in [0.15, 0.2) is 18.2 Å². The Hall–Kier alpha value is -2.16. The van der Waals surface area contributed by atoms with Crippen LogP contribution in [0.25, 0.3) is 0 Å². The van der Waals surface area contributed by atoms with Crippen LogP contribution in [0.4, 0.5) is 13.2 Å². The fraction of sp³-hybridized carbons (Fsp3) is 0.182. The lowest BCUT2D eigenvalue weighted by molar-refractivity contribution is -0.137. The smallest absolute Gasteiger partial charge is 0.417 e. The van der Waals surface area contributed by atoms with Crippen molar-refractivity contribution >= 4 is 5.91 Å². The van der Waals surface area contributed by atoms with Crippen molar-refractivity contribution in [2.75, 3.05) is 0 Å². The minimum absolute atomic E-state index is 0.309. The van der Waals surface area contributed by atoms with Crippen LogP contribution in [-0.4, -0.2) is 11.0 Å². The van der Waals surface area contributed by atoms with Gasteiger partial charge in [-0.1, -0.05) is 11.8 Å². The highest BCUT2D eigenvalue weighted by molar-refractivity contribution is 5.76. The maximum Gasteiger partial charge on any atom is 0.417 e. The zero-order valence-electron chi connectivity index (χ0n) is 8.51. The Morgan fingerprint density at radius 2 is 2.06 bits per heavy atom. The number of carbonyl (C=O) groups excluding carboxylic acids is 1. The number of hydrogen-bond donors (Lipinski definition) is 2. The second-order valence-corrected chi connectivity index (χ2v) is 3.17. The number of phenols is 1. The average molecular weight is 243 g/mol. The van der Waals surface area contributed by atoms with Crippen molar-refractivity contribution in [1.29, 1.82) is 0 Å². The number of nitrogens with two attached hydrogens (primary N) is 1. The van der Waals surface area contributed by atoms with Gasteiger partial charge in [-0.05, 0) is 18.2 Å². The van der Waals surface area contributed by atoms with Crippen molar-refractivity contribution < 1.29 is 23.1 Å². The van der Waals surface area contributed by atoms with Crippen LogP contribution in [0, 0.1) is 11.8 Å². The Morgan fingerprint density at radius 1 is 1.41 bits per heavy atom. The fourth-order valence-electron chi connectivity index (χ4n) is 1.10. The Morgan fingerprint density at radius 3 is 2.59 bits per heavy atom. The summed E-state index contributed by atoms with van der Waals surface area (Å²) in [7, 11) is 0. The number of carbonyl (C=O) groups is 1. The molecule has 1 amide bonds. The molecule has 1 rings (SSSR count). The van der Waals surface area contributed by atoms with Gasteiger partial charge in [-0.3, -0.25) is 4.79 Å². The van der Waals surface area contributed by atoms with E-state index in [1.165, 1.54) is 0 Å². The van der Waals surface area contributed by atoms with Crippen molar-refractivity contribution in [2.24, 2.45) is 5.73 Å². The molecule has 0 heterocycles. The first-order valence-electron chi connectivity index (χ1n) is 4.48. The maximum atomic E-state index is 12.5. The molecule has 0 unspecified atom stereocenters. The predicted molar refractivity (Wildman–Crippen MR) is 53.8 cm³/mol. The Balaban J connectivity index is 3.14. The summed E-state index contributed by atoms with van der Waals surface area (Å²) in [5.74, 6) is 3.20. The van der Waals surface area contributed by atoms with E-state index in [2.05, 4.69) is 11.8 Å². The zero-order valence-corrected chi connectivity index (χ0v) is 8.51. The summed E-state index contributed by atoms with van der Waals surface area (Å²) in [4.78, 5) is 10.4. The largest absolute Gasteiger partial charge is 0.508 e. The van der Waals surface area contributed by atoms with Gasteiger partial charge < -0.3 is 10.8 Å². The van der Waals surface area contributed by atoms with E-state index in [0.29, 0.717) is 6.07 Å². The standard InChI is InChI=1S/C11H8F3NO2/c12-11(13,14)9-6-8(16)5-4-7(9)2-1-3-10(15)17/h4-6,16H,3H2,(H2,15,17). The second kappa shape index (κ2) is 4.78. The average Bonchev–Trinajstić information content (AvgIpc) is 2.18. The van der Waals surface area contributed by atoms with Gasteiger partial charge in [-0.25, -0.2) is 0 Å². The first-order chi connectivity index (χ1) is 7.80. The van der Waals surface area contributed by atoms with Crippen LogP contribution >= 0.6 is 0 Å². The molecule has 0 aliphatic carbocycles. The van der Waals surface area contributed by atoms with Crippen LogP contribution in [0.1, 0.15) is 17.5 Å². The fourth-order valence-corrected chi connectivity index (χ4v) is 1.10. The molecule has 0 fully saturated rings. The van der Waals surface area contributed by atoms with Crippen molar-refractivity contribution in [2.45, 2.75) is 12.6 Å². The molecule has 3 nitrogen and oxygen atoms in total. The van der Waals surface area contributed by atoms with Crippen LogP contribution < -0.4 is 5.73 Å². The molecule has 0 saturated carbocycles. The Kier molecular flexibility index (Phi) is 3.63. The lowest BCUT2D eigenvalue weighted by Crippen LogP contribution is -2.09. The van der Waals surface area contributed by atoms with E-state index in [-0.39, 0.29) is 12.0 Å². The van der Waals surface area contributed by atoms with E-state index in [1.807, 2.05) is 0 Å². The minimum Gasteiger partial charge on any atom is -0.508 e. The van der Waals surface area contributed by atoms with E-state index >= 15 is 0 Å². The topological polar surface area (TPSA) is 63.3 Å². The molecular formula is C11H8F3NO2. The lowest BCUT2D eigenvalue weighted by Gasteiger charge is -2.09. The van der Waals surface area contributed by atoms with Crippen molar-refractivity contribution in [3.8, 4) is 17.6 Å². The molecule has 0 aliphatic rings. The van der Waals surface area contributed by atoms with Crippen LogP contribution in [0.5, 0.6) is 5.75 Å². The summed E-state index contributed by atoms with van der Waals surface area (Å²) in [5.41, 5.74) is 3.45. The lowest BCUT2D eigenvalue weighted by atomic mass is 10.1. The third-order valence-electron chi connectivity index (χ3n) is 1.79. The van der Waals surface area contributed by atoms with Gasteiger partial charge in [0.1, 0.15) is 5.75 Å². The first kappa shape index (κ1) is 12.9.